The Morgan fingerprint density at radius 2 is 1.89 bits per heavy atom. The molecule has 1 aliphatic rings. The van der Waals surface area contributed by atoms with Crippen molar-refractivity contribution >= 4 is 16.9 Å². The van der Waals surface area contributed by atoms with Crippen LogP contribution >= 0.6 is 0 Å². The van der Waals surface area contributed by atoms with Crippen molar-refractivity contribution in [2.45, 2.75) is 13.0 Å². The van der Waals surface area contributed by atoms with Crippen LogP contribution in [-0.4, -0.2) is 58.8 Å². The van der Waals surface area contributed by atoms with E-state index in [9.17, 15) is 4.79 Å². The van der Waals surface area contributed by atoms with Crippen molar-refractivity contribution in [2.24, 2.45) is 0 Å². The van der Waals surface area contributed by atoms with E-state index in [1.807, 2.05) is 53.4 Å². The Morgan fingerprint density at radius 1 is 1.00 bits per heavy atom. The van der Waals surface area contributed by atoms with Gasteiger partial charge < -0.3 is 9.64 Å². The first-order chi connectivity index (χ1) is 13.3. The van der Waals surface area contributed by atoms with Gasteiger partial charge in [0.2, 0.25) is 5.91 Å². The van der Waals surface area contributed by atoms with Crippen LogP contribution in [0.2, 0.25) is 0 Å². The summed E-state index contributed by atoms with van der Waals surface area (Å²) in [5, 5.41) is 7.89. The van der Waals surface area contributed by atoms with Crippen LogP contribution in [0, 0.1) is 0 Å². The van der Waals surface area contributed by atoms with Crippen LogP contribution in [0.15, 0.2) is 53.2 Å². The Bertz CT molecular complexity index is 896. The molecule has 7 nitrogen and oxygen atoms in total. The van der Waals surface area contributed by atoms with Gasteiger partial charge in [-0.2, -0.15) is 0 Å². The lowest BCUT2D eigenvalue weighted by Crippen LogP contribution is -2.36. The molecule has 1 aliphatic heterocycles. The third-order valence-electron chi connectivity index (χ3n) is 4.82. The number of benzene rings is 2. The number of hydrogen-bond acceptors (Lipinski definition) is 6. The van der Waals surface area contributed by atoms with E-state index in [-0.39, 0.29) is 5.91 Å². The third kappa shape index (κ3) is 4.25. The molecule has 0 N–H and O–H groups in total. The molecular formula is C20H22N4O3. The fourth-order valence-electron chi connectivity index (χ4n) is 3.33. The second-order valence-corrected chi connectivity index (χ2v) is 6.62. The predicted molar refractivity (Wildman–Crippen MR) is 100 cm³/mol. The maximum absolute atomic E-state index is 12.4. The number of amides is 1. The zero-order chi connectivity index (χ0) is 18.5. The first kappa shape index (κ1) is 17.5. The van der Waals surface area contributed by atoms with Gasteiger partial charge in [-0.3, -0.25) is 9.69 Å². The summed E-state index contributed by atoms with van der Waals surface area (Å²) in [5.74, 6) is 1.01. The number of fused-ring (bicyclic) bond motifs is 1. The molecule has 0 aliphatic carbocycles. The fraction of sp³-hybridized carbons (Fsp3) is 0.350. The summed E-state index contributed by atoms with van der Waals surface area (Å²) in [7, 11) is 0. The highest BCUT2D eigenvalue weighted by atomic mass is 16.6. The molecule has 140 valence electrons. The van der Waals surface area contributed by atoms with Crippen molar-refractivity contribution in [2.75, 3.05) is 32.8 Å². The Balaban J connectivity index is 1.32. The number of rotatable bonds is 6. The van der Waals surface area contributed by atoms with Crippen molar-refractivity contribution in [3.63, 3.8) is 0 Å². The van der Waals surface area contributed by atoms with Gasteiger partial charge >= 0.3 is 0 Å². The summed E-state index contributed by atoms with van der Waals surface area (Å²) in [4.78, 5) is 16.6. The molecule has 1 aromatic heterocycles. The topological polar surface area (TPSA) is 71.7 Å². The molecule has 0 radical (unpaired) electrons. The Morgan fingerprint density at radius 3 is 2.78 bits per heavy atom. The van der Waals surface area contributed by atoms with E-state index >= 15 is 0 Å². The quantitative estimate of drug-likeness (QED) is 0.667. The molecule has 1 amide bonds. The number of carbonyl (C=O) groups is 1. The zero-order valence-electron chi connectivity index (χ0n) is 15.1. The van der Waals surface area contributed by atoms with Gasteiger partial charge in [0.25, 0.3) is 0 Å². The van der Waals surface area contributed by atoms with E-state index in [2.05, 4.69) is 15.2 Å². The van der Waals surface area contributed by atoms with Crippen LogP contribution in [0.1, 0.15) is 12.0 Å². The molecule has 7 heteroatoms. The van der Waals surface area contributed by atoms with E-state index in [0.29, 0.717) is 26.1 Å². The van der Waals surface area contributed by atoms with Gasteiger partial charge in [-0.25, -0.2) is 4.63 Å². The van der Waals surface area contributed by atoms with Crippen molar-refractivity contribution in [3.05, 3.63) is 54.1 Å². The predicted octanol–water partition coefficient (Wildman–Crippen LogP) is 2.34. The summed E-state index contributed by atoms with van der Waals surface area (Å²) < 4.78 is 10.6. The van der Waals surface area contributed by atoms with Crippen LogP contribution < -0.4 is 4.74 Å². The van der Waals surface area contributed by atoms with Crippen LogP contribution in [0.3, 0.4) is 0 Å². The monoisotopic (exact) mass is 366 g/mol. The van der Waals surface area contributed by atoms with Crippen LogP contribution in [0.4, 0.5) is 0 Å². The van der Waals surface area contributed by atoms with Crippen LogP contribution in [-0.2, 0) is 11.3 Å². The second-order valence-electron chi connectivity index (χ2n) is 6.62. The minimum atomic E-state index is 0.176. The molecular weight excluding hydrogens is 344 g/mol. The lowest BCUT2D eigenvalue weighted by molar-refractivity contribution is -0.130. The molecule has 0 unspecified atom stereocenters. The van der Waals surface area contributed by atoms with Gasteiger partial charge in [-0.15, -0.1) is 0 Å². The van der Waals surface area contributed by atoms with E-state index < -0.39 is 0 Å². The molecule has 0 saturated carbocycles. The van der Waals surface area contributed by atoms with Gasteiger partial charge in [0, 0.05) is 32.6 Å². The highest BCUT2D eigenvalue weighted by Gasteiger charge is 2.21. The largest absolute Gasteiger partial charge is 0.492 e. The molecule has 1 fully saturated rings. The highest BCUT2D eigenvalue weighted by Crippen LogP contribution is 2.18. The SMILES string of the molecule is O=C1CCN(Cc2cccc3nonc23)CCN1CCOc1ccccc1. The van der Waals surface area contributed by atoms with Crippen molar-refractivity contribution in [3.8, 4) is 5.75 Å². The number of aromatic nitrogens is 2. The first-order valence-corrected chi connectivity index (χ1v) is 9.18. The van der Waals surface area contributed by atoms with E-state index in [4.69, 9.17) is 9.37 Å². The Kier molecular flexibility index (Phi) is 5.29. The summed E-state index contributed by atoms with van der Waals surface area (Å²) in [6.45, 7) is 4.08. The molecule has 0 atom stereocenters. The van der Waals surface area contributed by atoms with E-state index in [1.165, 1.54) is 0 Å². The van der Waals surface area contributed by atoms with Gasteiger partial charge in [-0.1, -0.05) is 30.3 Å². The minimum Gasteiger partial charge on any atom is -0.492 e. The summed E-state index contributed by atoms with van der Waals surface area (Å²) in [5.41, 5.74) is 2.63. The number of ether oxygens (including phenoxy) is 1. The molecule has 0 bridgehead atoms. The van der Waals surface area contributed by atoms with Crippen molar-refractivity contribution < 1.29 is 14.2 Å². The Hall–Kier alpha value is -2.93. The average molecular weight is 366 g/mol. The number of para-hydroxylation sites is 1. The summed E-state index contributed by atoms with van der Waals surface area (Å²) in [6, 6.07) is 15.6. The van der Waals surface area contributed by atoms with E-state index in [1.54, 1.807) is 0 Å². The fourth-order valence-corrected chi connectivity index (χ4v) is 3.33. The van der Waals surface area contributed by atoms with Crippen LogP contribution in [0.25, 0.3) is 11.0 Å². The average Bonchev–Trinajstić information content (AvgIpc) is 3.12. The van der Waals surface area contributed by atoms with E-state index in [0.717, 1.165) is 42.0 Å². The summed E-state index contributed by atoms with van der Waals surface area (Å²) in [6.07, 6.45) is 0.512. The Labute approximate surface area is 157 Å². The van der Waals surface area contributed by atoms with Crippen molar-refractivity contribution in [1.82, 2.24) is 20.1 Å². The molecule has 2 aromatic carbocycles. The van der Waals surface area contributed by atoms with Gasteiger partial charge in [0.05, 0.1) is 6.54 Å². The maximum Gasteiger partial charge on any atom is 0.224 e. The van der Waals surface area contributed by atoms with Crippen LogP contribution in [0.5, 0.6) is 5.75 Å². The molecule has 0 spiro atoms. The van der Waals surface area contributed by atoms with Gasteiger partial charge in [0.1, 0.15) is 23.4 Å². The standard InChI is InChI=1S/C20H22N4O3/c25-19-9-10-23(15-16-5-4-8-18-20(16)22-27-21-18)11-12-24(19)13-14-26-17-6-2-1-3-7-17/h1-8H,9-15H2. The lowest BCUT2D eigenvalue weighted by Gasteiger charge is -2.22. The number of hydrogen-bond donors (Lipinski definition) is 0. The number of carbonyl (C=O) groups excluding carboxylic acids is 1. The highest BCUT2D eigenvalue weighted by molar-refractivity contribution is 5.77. The molecule has 3 aromatic rings. The minimum absolute atomic E-state index is 0.176. The number of nitrogens with zero attached hydrogens (tertiary/aromatic N) is 4. The third-order valence-corrected chi connectivity index (χ3v) is 4.82. The smallest absolute Gasteiger partial charge is 0.224 e. The lowest BCUT2D eigenvalue weighted by atomic mass is 10.1. The maximum atomic E-state index is 12.4. The normalized spacial score (nSPS) is 15.9. The summed E-state index contributed by atoms with van der Waals surface area (Å²) >= 11 is 0. The van der Waals surface area contributed by atoms with Crippen molar-refractivity contribution in [1.29, 1.82) is 0 Å². The van der Waals surface area contributed by atoms with Gasteiger partial charge in [-0.05, 0) is 34.1 Å². The molecule has 1 saturated heterocycles. The van der Waals surface area contributed by atoms with Gasteiger partial charge in [0.15, 0.2) is 0 Å². The molecule has 27 heavy (non-hydrogen) atoms. The second kappa shape index (κ2) is 8.18. The first-order valence-electron chi connectivity index (χ1n) is 9.18. The zero-order valence-corrected chi connectivity index (χ0v) is 15.1. The molecule has 4 rings (SSSR count). The molecule has 2 heterocycles.